The van der Waals surface area contributed by atoms with E-state index in [9.17, 15) is 4.79 Å². The molecule has 2 N–H and O–H groups in total. The molecule has 4 rings (SSSR count). The molecule has 3 aliphatic rings. The summed E-state index contributed by atoms with van der Waals surface area (Å²) < 4.78 is 5.31. The number of amides is 1. The SMILES string of the molecule is O=C(NC1CCN(CC2C3CNCC32)CC1)OCc1ccccc1. The molecule has 2 heterocycles. The zero-order valence-electron chi connectivity index (χ0n) is 14.1. The van der Waals surface area contributed by atoms with Crippen LogP contribution < -0.4 is 10.6 Å². The van der Waals surface area contributed by atoms with E-state index in [1.807, 2.05) is 30.3 Å². The molecule has 3 fully saturated rings. The molecule has 1 amide bonds. The number of piperidine rings is 2. The van der Waals surface area contributed by atoms with Crippen molar-refractivity contribution in [3.05, 3.63) is 35.9 Å². The van der Waals surface area contributed by atoms with Crippen molar-refractivity contribution in [1.82, 2.24) is 15.5 Å². The van der Waals surface area contributed by atoms with Crippen molar-refractivity contribution in [1.29, 1.82) is 0 Å². The Balaban J connectivity index is 1.13. The number of alkyl carbamates (subject to hydrolysis) is 1. The predicted molar refractivity (Wildman–Crippen MR) is 92.6 cm³/mol. The molecule has 130 valence electrons. The van der Waals surface area contributed by atoms with Gasteiger partial charge in [0.2, 0.25) is 0 Å². The Labute approximate surface area is 143 Å². The molecule has 2 atom stereocenters. The smallest absolute Gasteiger partial charge is 0.407 e. The van der Waals surface area contributed by atoms with Gasteiger partial charge in [0.15, 0.2) is 0 Å². The molecule has 2 unspecified atom stereocenters. The van der Waals surface area contributed by atoms with Crippen LogP contribution in [-0.4, -0.2) is 49.8 Å². The highest BCUT2D eigenvalue weighted by atomic mass is 16.5. The second kappa shape index (κ2) is 7.11. The zero-order valence-corrected chi connectivity index (χ0v) is 14.1. The Bertz CT molecular complexity index is 547. The lowest BCUT2D eigenvalue weighted by molar-refractivity contribution is 0.125. The van der Waals surface area contributed by atoms with E-state index in [0.717, 1.165) is 49.2 Å². The normalized spacial score (nSPS) is 29.9. The van der Waals surface area contributed by atoms with Crippen LogP contribution in [0, 0.1) is 17.8 Å². The molecule has 0 radical (unpaired) electrons. The fourth-order valence-corrected chi connectivity index (χ4v) is 4.31. The van der Waals surface area contributed by atoms with E-state index in [0.29, 0.717) is 6.61 Å². The molecule has 0 spiro atoms. The fourth-order valence-electron chi connectivity index (χ4n) is 4.31. The van der Waals surface area contributed by atoms with Gasteiger partial charge >= 0.3 is 6.09 Å². The van der Waals surface area contributed by atoms with Gasteiger partial charge in [-0.1, -0.05) is 30.3 Å². The third kappa shape index (κ3) is 3.73. The summed E-state index contributed by atoms with van der Waals surface area (Å²) in [6.07, 6.45) is 1.77. The lowest BCUT2D eigenvalue weighted by Gasteiger charge is -2.32. The van der Waals surface area contributed by atoms with Crippen LogP contribution in [-0.2, 0) is 11.3 Å². The largest absolute Gasteiger partial charge is 0.445 e. The first kappa shape index (κ1) is 15.9. The fraction of sp³-hybridized carbons (Fsp3) is 0.632. The number of rotatable bonds is 5. The van der Waals surface area contributed by atoms with Gasteiger partial charge in [0.25, 0.3) is 0 Å². The lowest BCUT2D eigenvalue weighted by Crippen LogP contribution is -2.45. The van der Waals surface area contributed by atoms with Gasteiger partial charge in [-0.2, -0.15) is 0 Å². The molecule has 2 aliphatic heterocycles. The van der Waals surface area contributed by atoms with Gasteiger partial charge in [0.05, 0.1) is 0 Å². The van der Waals surface area contributed by atoms with Crippen LogP contribution in [0.25, 0.3) is 0 Å². The number of nitrogens with one attached hydrogen (secondary N) is 2. The first-order chi connectivity index (χ1) is 11.8. The van der Waals surface area contributed by atoms with Gasteiger partial charge in [0.1, 0.15) is 6.61 Å². The van der Waals surface area contributed by atoms with Crippen molar-refractivity contribution in [3.63, 3.8) is 0 Å². The summed E-state index contributed by atoms with van der Waals surface area (Å²) >= 11 is 0. The molecular weight excluding hydrogens is 302 g/mol. The van der Waals surface area contributed by atoms with Gasteiger partial charge < -0.3 is 20.3 Å². The van der Waals surface area contributed by atoms with E-state index in [-0.39, 0.29) is 12.1 Å². The van der Waals surface area contributed by atoms with Crippen LogP contribution >= 0.6 is 0 Å². The van der Waals surface area contributed by atoms with E-state index in [1.165, 1.54) is 19.6 Å². The molecule has 0 bridgehead atoms. The van der Waals surface area contributed by atoms with Crippen LogP contribution in [0.15, 0.2) is 30.3 Å². The molecule has 0 aromatic heterocycles. The Kier molecular flexibility index (Phi) is 4.72. The molecule has 1 saturated carbocycles. The number of carbonyl (C=O) groups excluding carboxylic acids is 1. The van der Waals surface area contributed by atoms with Crippen LogP contribution in [0.3, 0.4) is 0 Å². The van der Waals surface area contributed by atoms with E-state index in [4.69, 9.17) is 4.74 Å². The number of ether oxygens (including phenoxy) is 1. The molecule has 2 saturated heterocycles. The van der Waals surface area contributed by atoms with Gasteiger partial charge in [-0.3, -0.25) is 0 Å². The highest BCUT2D eigenvalue weighted by molar-refractivity contribution is 5.67. The monoisotopic (exact) mass is 329 g/mol. The van der Waals surface area contributed by atoms with E-state index in [1.54, 1.807) is 0 Å². The molecule has 1 aromatic carbocycles. The van der Waals surface area contributed by atoms with Crippen molar-refractivity contribution in [2.24, 2.45) is 17.8 Å². The second-order valence-corrected chi connectivity index (χ2v) is 7.43. The minimum atomic E-state index is -0.292. The second-order valence-electron chi connectivity index (χ2n) is 7.43. The maximum absolute atomic E-state index is 11.9. The third-order valence-electron chi connectivity index (χ3n) is 5.86. The van der Waals surface area contributed by atoms with E-state index in [2.05, 4.69) is 15.5 Å². The Hall–Kier alpha value is -1.59. The van der Waals surface area contributed by atoms with E-state index < -0.39 is 0 Å². The summed E-state index contributed by atoms with van der Waals surface area (Å²) in [5.41, 5.74) is 1.02. The van der Waals surface area contributed by atoms with Crippen molar-refractivity contribution in [3.8, 4) is 0 Å². The quantitative estimate of drug-likeness (QED) is 0.865. The first-order valence-corrected chi connectivity index (χ1v) is 9.20. The average Bonchev–Trinajstić information content (AvgIpc) is 3.04. The highest BCUT2D eigenvalue weighted by Crippen LogP contribution is 2.49. The summed E-state index contributed by atoms with van der Waals surface area (Å²) in [5, 5.41) is 6.48. The van der Waals surface area contributed by atoms with Crippen LogP contribution in [0.4, 0.5) is 4.79 Å². The highest BCUT2D eigenvalue weighted by Gasteiger charge is 2.52. The topological polar surface area (TPSA) is 53.6 Å². The minimum Gasteiger partial charge on any atom is -0.445 e. The maximum atomic E-state index is 11.9. The molecule has 24 heavy (non-hydrogen) atoms. The summed E-state index contributed by atoms with van der Waals surface area (Å²) in [6.45, 7) is 6.22. The van der Waals surface area contributed by atoms with Crippen molar-refractivity contribution in [2.45, 2.75) is 25.5 Å². The summed E-state index contributed by atoms with van der Waals surface area (Å²) in [5.74, 6) is 2.80. The van der Waals surface area contributed by atoms with Crippen LogP contribution in [0.5, 0.6) is 0 Å². The number of fused-ring (bicyclic) bond motifs is 1. The maximum Gasteiger partial charge on any atom is 0.407 e. The number of hydrogen-bond acceptors (Lipinski definition) is 4. The Morgan fingerprint density at radius 3 is 2.58 bits per heavy atom. The number of benzene rings is 1. The van der Waals surface area contributed by atoms with Crippen LogP contribution in [0.2, 0.25) is 0 Å². The van der Waals surface area contributed by atoms with Gasteiger partial charge in [0, 0.05) is 25.7 Å². The van der Waals surface area contributed by atoms with E-state index >= 15 is 0 Å². The molecule has 1 aliphatic carbocycles. The molecule has 5 heteroatoms. The third-order valence-corrected chi connectivity index (χ3v) is 5.86. The van der Waals surface area contributed by atoms with Crippen LogP contribution in [0.1, 0.15) is 18.4 Å². The summed E-state index contributed by atoms with van der Waals surface area (Å²) in [4.78, 5) is 14.5. The zero-order chi connectivity index (χ0) is 16.4. The molecule has 1 aromatic rings. The molecular formula is C19H27N3O2. The first-order valence-electron chi connectivity index (χ1n) is 9.20. The van der Waals surface area contributed by atoms with Crippen molar-refractivity contribution in [2.75, 3.05) is 32.7 Å². The number of carbonyl (C=O) groups is 1. The number of likely N-dealkylation sites (tertiary alicyclic amines) is 1. The summed E-state index contributed by atoms with van der Waals surface area (Å²) in [7, 11) is 0. The standard InChI is InChI=1S/C19H27N3O2/c23-19(24-13-14-4-2-1-3-5-14)21-15-6-8-22(9-7-15)12-18-16-10-20-11-17(16)18/h1-5,15-18,20H,6-13H2,(H,21,23). The van der Waals surface area contributed by atoms with Crippen molar-refractivity contribution < 1.29 is 9.53 Å². The number of nitrogens with zero attached hydrogens (tertiary/aromatic N) is 1. The number of hydrogen-bond donors (Lipinski definition) is 2. The van der Waals surface area contributed by atoms with Gasteiger partial charge in [-0.25, -0.2) is 4.79 Å². The average molecular weight is 329 g/mol. The van der Waals surface area contributed by atoms with Crippen molar-refractivity contribution >= 4 is 6.09 Å². The van der Waals surface area contributed by atoms with Gasteiger partial charge in [-0.05, 0) is 49.2 Å². The lowest BCUT2D eigenvalue weighted by atomic mass is 10.0. The Morgan fingerprint density at radius 1 is 1.17 bits per heavy atom. The summed E-state index contributed by atoms with van der Waals surface area (Å²) in [6, 6.07) is 10.1. The van der Waals surface area contributed by atoms with Gasteiger partial charge in [-0.15, -0.1) is 0 Å². The predicted octanol–water partition coefficient (Wildman–Crippen LogP) is 1.84. The Morgan fingerprint density at radius 2 is 1.88 bits per heavy atom. The minimum absolute atomic E-state index is 0.255. The molecule has 5 nitrogen and oxygen atoms in total.